The van der Waals surface area contributed by atoms with Gasteiger partial charge in [0.2, 0.25) is 0 Å². The number of carbonyl (C=O) groups excluding carboxylic acids is 1. The van der Waals surface area contributed by atoms with Gasteiger partial charge in [0.25, 0.3) is 0 Å². The van der Waals surface area contributed by atoms with Crippen LogP contribution in [0.3, 0.4) is 0 Å². The third-order valence-corrected chi connectivity index (χ3v) is 6.93. The van der Waals surface area contributed by atoms with Gasteiger partial charge in [0.1, 0.15) is 11.5 Å². The minimum Gasteiger partial charge on any atom is -0.449 e. The third kappa shape index (κ3) is 2.48. The van der Waals surface area contributed by atoms with Gasteiger partial charge in [0, 0.05) is 10.3 Å². The zero-order valence-corrected chi connectivity index (χ0v) is 12.4. The van der Waals surface area contributed by atoms with Crippen molar-refractivity contribution in [2.24, 2.45) is 0 Å². The molecule has 2 rings (SSSR count). The fraction of sp³-hybridized carbons (Fsp3) is 0.500. The van der Waals surface area contributed by atoms with Gasteiger partial charge in [0.15, 0.2) is 0 Å². The molecular weight excluding hydrogens is 248 g/mol. The number of benzene rings is 1. The SMILES string of the molecule is CC(C)(C)S(C)(C)Oc1ccc2c(c1)CC(=O)O2. The molecule has 1 aliphatic rings. The van der Waals surface area contributed by atoms with Gasteiger partial charge in [-0.15, -0.1) is 0 Å². The van der Waals surface area contributed by atoms with E-state index in [4.69, 9.17) is 8.92 Å². The Labute approximate surface area is 110 Å². The van der Waals surface area contributed by atoms with E-state index in [-0.39, 0.29) is 10.7 Å². The normalized spacial score (nSPS) is 16.2. The van der Waals surface area contributed by atoms with Gasteiger partial charge in [-0.1, -0.05) is 10.3 Å². The lowest BCUT2D eigenvalue weighted by atomic mass is 10.1. The van der Waals surface area contributed by atoms with E-state index in [0.29, 0.717) is 12.2 Å². The zero-order chi connectivity index (χ0) is 13.6. The van der Waals surface area contributed by atoms with Gasteiger partial charge >= 0.3 is 5.97 Å². The first-order chi connectivity index (χ1) is 8.19. The van der Waals surface area contributed by atoms with Crippen LogP contribution in [-0.2, 0) is 11.2 Å². The number of hydrogen-bond donors (Lipinski definition) is 0. The van der Waals surface area contributed by atoms with Crippen molar-refractivity contribution in [3.63, 3.8) is 0 Å². The second kappa shape index (κ2) is 4.19. The van der Waals surface area contributed by atoms with E-state index in [1.807, 2.05) is 18.2 Å². The van der Waals surface area contributed by atoms with Gasteiger partial charge in [-0.05, 0) is 51.5 Å². The second-order valence-corrected chi connectivity index (χ2v) is 9.71. The maximum Gasteiger partial charge on any atom is 0.315 e. The average Bonchev–Trinajstić information content (AvgIpc) is 2.54. The Bertz CT molecular complexity index is 486. The number of hydrogen-bond acceptors (Lipinski definition) is 3. The van der Waals surface area contributed by atoms with Crippen molar-refractivity contribution in [3.8, 4) is 11.5 Å². The third-order valence-electron chi connectivity index (χ3n) is 3.37. The van der Waals surface area contributed by atoms with Crippen molar-refractivity contribution in [3.05, 3.63) is 23.8 Å². The molecule has 0 aromatic heterocycles. The largest absolute Gasteiger partial charge is 0.449 e. The molecule has 0 radical (unpaired) electrons. The summed E-state index contributed by atoms with van der Waals surface area (Å²) in [4.78, 5) is 11.2. The molecule has 0 unspecified atom stereocenters. The second-order valence-electron chi connectivity index (χ2n) is 5.85. The van der Waals surface area contributed by atoms with E-state index < -0.39 is 10.3 Å². The van der Waals surface area contributed by atoms with E-state index in [1.165, 1.54) is 0 Å². The fourth-order valence-electron chi connectivity index (χ4n) is 1.53. The van der Waals surface area contributed by atoms with Gasteiger partial charge in [-0.2, -0.15) is 0 Å². The van der Waals surface area contributed by atoms with Crippen LogP contribution in [0.25, 0.3) is 0 Å². The van der Waals surface area contributed by atoms with Gasteiger partial charge < -0.3 is 8.92 Å². The van der Waals surface area contributed by atoms with Crippen molar-refractivity contribution in [2.45, 2.75) is 31.9 Å². The molecule has 3 nitrogen and oxygen atoms in total. The van der Waals surface area contributed by atoms with Crippen molar-refractivity contribution in [2.75, 3.05) is 12.5 Å². The lowest BCUT2D eigenvalue weighted by molar-refractivity contribution is -0.131. The van der Waals surface area contributed by atoms with Crippen LogP contribution in [0.1, 0.15) is 26.3 Å². The Morgan fingerprint density at radius 3 is 2.56 bits per heavy atom. The molecule has 0 atom stereocenters. The molecule has 4 heteroatoms. The zero-order valence-electron chi connectivity index (χ0n) is 11.6. The van der Waals surface area contributed by atoms with Crippen LogP contribution in [0.15, 0.2) is 18.2 Å². The molecular formula is C14H20O3S. The highest BCUT2D eigenvalue weighted by atomic mass is 32.3. The van der Waals surface area contributed by atoms with Gasteiger partial charge in [-0.25, -0.2) is 0 Å². The summed E-state index contributed by atoms with van der Waals surface area (Å²) < 4.78 is 11.3. The predicted octanol–water partition coefficient (Wildman–Crippen LogP) is 3.30. The minimum absolute atomic E-state index is 0.109. The van der Waals surface area contributed by atoms with E-state index in [1.54, 1.807) is 0 Å². The Morgan fingerprint density at radius 2 is 1.94 bits per heavy atom. The Balaban J connectivity index is 2.22. The summed E-state index contributed by atoms with van der Waals surface area (Å²) in [7, 11) is -1.21. The monoisotopic (exact) mass is 268 g/mol. The summed E-state index contributed by atoms with van der Waals surface area (Å²) in [5, 5.41) is 0. The first kappa shape index (κ1) is 13.3. The molecule has 0 saturated heterocycles. The van der Waals surface area contributed by atoms with Gasteiger partial charge in [-0.3, -0.25) is 4.79 Å². The van der Waals surface area contributed by atoms with Crippen LogP contribution in [0.5, 0.6) is 11.5 Å². The number of fused-ring (bicyclic) bond motifs is 1. The van der Waals surface area contributed by atoms with E-state index in [2.05, 4.69) is 33.3 Å². The summed E-state index contributed by atoms with van der Waals surface area (Å²) in [5.74, 6) is 1.29. The van der Waals surface area contributed by atoms with Crippen molar-refractivity contribution in [1.29, 1.82) is 0 Å². The molecule has 1 heterocycles. The van der Waals surface area contributed by atoms with Crippen LogP contribution in [0.2, 0.25) is 0 Å². The molecule has 0 amide bonds. The molecule has 18 heavy (non-hydrogen) atoms. The molecule has 0 N–H and O–H groups in total. The summed E-state index contributed by atoms with van der Waals surface area (Å²) in [6, 6.07) is 5.60. The molecule has 1 aromatic rings. The molecule has 0 fully saturated rings. The number of rotatable bonds is 2. The molecule has 100 valence electrons. The Kier molecular flexibility index (Phi) is 3.09. The number of esters is 1. The fourth-order valence-corrected chi connectivity index (χ4v) is 2.36. The van der Waals surface area contributed by atoms with Crippen LogP contribution in [0.4, 0.5) is 0 Å². The van der Waals surface area contributed by atoms with Crippen molar-refractivity contribution >= 4 is 16.3 Å². The van der Waals surface area contributed by atoms with Crippen LogP contribution >= 0.6 is 10.3 Å². The van der Waals surface area contributed by atoms with Crippen molar-refractivity contribution in [1.82, 2.24) is 0 Å². The molecule has 0 spiro atoms. The molecule has 1 aromatic carbocycles. The Hall–Kier alpha value is -1.16. The molecule has 0 saturated carbocycles. The highest BCUT2D eigenvalue weighted by molar-refractivity contribution is 8.30. The van der Waals surface area contributed by atoms with Crippen molar-refractivity contribution < 1.29 is 13.7 Å². The maximum atomic E-state index is 11.2. The highest BCUT2D eigenvalue weighted by Crippen LogP contribution is 2.53. The van der Waals surface area contributed by atoms with Gasteiger partial charge in [0.05, 0.1) is 6.42 Å². The Morgan fingerprint density at radius 1 is 1.28 bits per heavy atom. The smallest absolute Gasteiger partial charge is 0.315 e. The summed E-state index contributed by atoms with van der Waals surface area (Å²) in [6.07, 6.45) is 4.65. The van der Waals surface area contributed by atoms with E-state index >= 15 is 0 Å². The van der Waals surface area contributed by atoms with E-state index in [9.17, 15) is 4.79 Å². The predicted molar refractivity (Wildman–Crippen MR) is 75.6 cm³/mol. The molecule has 0 aliphatic carbocycles. The first-order valence-corrected chi connectivity index (χ1v) is 8.32. The average molecular weight is 268 g/mol. The lowest BCUT2D eigenvalue weighted by Crippen LogP contribution is -2.27. The van der Waals surface area contributed by atoms with Crippen LogP contribution in [-0.4, -0.2) is 23.2 Å². The topological polar surface area (TPSA) is 35.5 Å². The first-order valence-electron chi connectivity index (χ1n) is 5.95. The quantitative estimate of drug-likeness (QED) is 0.610. The summed E-state index contributed by atoms with van der Waals surface area (Å²) in [5.41, 5.74) is 0.918. The summed E-state index contributed by atoms with van der Waals surface area (Å²) in [6.45, 7) is 6.55. The summed E-state index contributed by atoms with van der Waals surface area (Å²) >= 11 is 0. The number of ether oxygens (including phenoxy) is 1. The van der Waals surface area contributed by atoms with Crippen LogP contribution < -0.4 is 8.92 Å². The minimum atomic E-state index is -1.21. The maximum absolute atomic E-state index is 11.2. The van der Waals surface area contributed by atoms with E-state index in [0.717, 1.165) is 11.3 Å². The standard InChI is InChI=1S/C14H20O3S/c1-14(2,3)18(4,5)17-11-6-7-12-10(8-11)9-13(15)16-12/h6-8H,9H2,1-5H3. The highest BCUT2D eigenvalue weighted by Gasteiger charge is 2.30. The lowest BCUT2D eigenvalue weighted by Gasteiger charge is -2.43. The molecule has 0 bridgehead atoms. The number of carbonyl (C=O) groups is 1. The molecule has 1 aliphatic heterocycles. The van der Waals surface area contributed by atoms with Crippen LogP contribution in [0, 0.1) is 0 Å².